The van der Waals surface area contributed by atoms with Crippen LogP contribution in [0.25, 0.3) is 0 Å². The summed E-state index contributed by atoms with van der Waals surface area (Å²) in [6.07, 6.45) is -0.160. The molecule has 0 heterocycles. The lowest BCUT2D eigenvalue weighted by Crippen LogP contribution is -2.18. The monoisotopic (exact) mass is 458 g/mol. The Morgan fingerprint density at radius 2 is 1.32 bits per heavy atom. The number of benzene rings is 3. The lowest BCUT2D eigenvalue weighted by molar-refractivity contribution is -0.116. The maximum atomic E-state index is 12.5. The molecule has 3 aromatic rings. The van der Waals surface area contributed by atoms with Crippen LogP contribution in [-0.2, 0) is 31.2 Å². The van der Waals surface area contributed by atoms with Gasteiger partial charge in [0.25, 0.3) is 0 Å². The van der Waals surface area contributed by atoms with Gasteiger partial charge in [0.2, 0.25) is 0 Å². The van der Waals surface area contributed by atoms with Gasteiger partial charge in [-0.2, -0.15) is 8.42 Å². The summed E-state index contributed by atoms with van der Waals surface area (Å²) >= 11 is 0. The molecule has 0 fully saturated rings. The minimum absolute atomic E-state index is 0.0174. The van der Waals surface area contributed by atoms with Crippen molar-refractivity contribution in [3.63, 3.8) is 0 Å². The number of aryl methyl sites for hydroxylation is 2. The van der Waals surface area contributed by atoms with Gasteiger partial charge in [-0.25, -0.2) is 8.42 Å². The lowest BCUT2D eigenvalue weighted by atomic mass is 10.1. The molecular weight excluding hydrogens is 436 g/mol. The van der Waals surface area contributed by atoms with E-state index in [4.69, 9.17) is 4.18 Å². The Balaban J connectivity index is 1.70. The van der Waals surface area contributed by atoms with Crippen LogP contribution in [0, 0.1) is 13.8 Å². The average Bonchev–Trinajstić information content (AvgIpc) is 2.68. The molecule has 0 atom stereocenters. The van der Waals surface area contributed by atoms with Crippen molar-refractivity contribution < 1.29 is 25.8 Å². The molecule has 0 aliphatic heterocycles. The van der Waals surface area contributed by atoms with E-state index in [0.717, 1.165) is 11.1 Å². The zero-order chi connectivity index (χ0) is 22.6. The molecule has 162 valence electrons. The van der Waals surface area contributed by atoms with Crippen LogP contribution in [0.5, 0.6) is 5.75 Å². The standard InChI is InChI=1S/C23H22O6S2/c1-17-6-10-22(11-7-17)30(25,26)16-20(24)14-19-4-3-5-21(15-19)29-31(27,28)23-12-8-18(2)9-13-23/h3-13,15H,14,16H2,1-2H3. The first-order valence-corrected chi connectivity index (χ1v) is 12.5. The van der Waals surface area contributed by atoms with Crippen LogP contribution in [-0.4, -0.2) is 28.4 Å². The number of hydrogen-bond acceptors (Lipinski definition) is 6. The SMILES string of the molecule is Cc1ccc(S(=O)(=O)CC(=O)Cc2cccc(OS(=O)(=O)c3ccc(C)cc3)c2)cc1. The van der Waals surface area contributed by atoms with Gasteiger partial charge in [0.1, 0.15) is 16.4 Å². The van der Waals surface area contributed by atoms with Crippen LogP contribution < -0.4 is 4.18 Å². The van der Waals surface area contributed by atoms with E-state index in [1.165, 1.54) is 36.4 Å². The third-order valence-corrected chi connectivity index (χ3v) is 7.50. The number of carbonyl (C=O) groups excluding carboxylic acids is 1. The number of hydrogen-bond donors (Lipinski definition) is 0. The molecule has 0 aliphatic carbocycles. The van der Waals surface area contributed by atoms with Gasteiger partial charge in [-0.05, 0) is 55.8 Å². The van der Waals surface area contributed by atoms with E-state index in [0.29, 0.717) is 5.56 Å². The first kappa shape index (κ1) is 22.7. The third kappa shape index (κ3) is 6.02. The first-order valence-electron chi connectivity index (χ1n) is 9.46. The van der Waals surface area contributed by atoms with Crippen LogP contribution in [0.3, 0.4) is 0 Å². The second-order valence-corrected chi connectivity index (χ2v) is 10.8. The summed E-state index contributed by atoms with van der Waals surface area (Å²) in [5, 5.41) is 0. The Morgan fingerprint density at radius 1 is 0.774 bits per heavy atom. The van der Waals surface area contributed by atoms with E-state index in [-0.39, 0.29) is 22.0 Å². The maximum absolute atomic E-state index is 12.5. The zero-order valence-corrected chi connectivity index (χ0v) is 18.7. The molecule has 31 heavy (non-hydrogen) atoms. The number of ketones is 1. The summed E-state index contributed by atoms with van der Waals surface area (Å²) in [5.41, 5.74) is 2.29. The minimum Gasteiger partial charge on any atom is -0.379 e. The number of carbonyl (C=O) groups is 1. The van der Waals surface area contributed by atoms with Crippen molar-refractivity contribution in [2.24, 2.45) is 0 Å². The van der Waals surface area contributed by atoms with E-state index in [9.17, 15) is 21.6 Å². The number of sulfone groups is 1. The van der Waals surface area contributed by atoms with E-state index < -0.39 is 31.5 Å². The summed E-state index contributed by atoms with van der Waals surface area (Å²) in [5.74, 6) is -1.09. The molecule has 0 amide bonds. The average molecular weight is 459 g/mol. The van der Waals surface area contributed by atoms with Crippen molar-refractivity contribution in [2.75, 3.05) is 5.75 Å². The molecule has 0 unspecified atom stereocenters. The molecule has 0 bridgehead atoms. The predicted molar refractivity (Wildman–Crippen MR) is 117 cm³/mol. The maximum Gasteiger partial charge on any atom is 0.339 e. The summed E-state index contributed by atoms with van der Waals surface area (Å²) in [4.78, 5) is 12.5. The normalized spacial score (nSPS) is 11.8. The van der Waals surface area contributed by atoms with Crippen LogP contribution in [0.2, 0.25) is 0 Å². The fraction of sp³-hybridized carbons (Fsp3) is 0.174. The summed E-state index contributed by atoms with van der Waals surface area (Å²) in [6.45, 7) is 3.69. The van der Waals surface area contributed by atoms with Crippen LogP contribution in [0.15, 0.2) is 82.6 Å². The number of Topliss-reactive ketones (excluding diaryl/α,β-unsaturated/α-hetero) is 1. The van der Waals surface area contributed by atoms with Crippen molar-refractivity contribution in [1.82, 2.24) is 0 Å². The second-order valence-electron chi connectivity index (χ2n) is 7.29. The Kier molecular flexibility index (Phi) is 6.62. The van der Waals surface area contributed by atoms with Gasteiger partial charge < -0.3 is 4.18 Å². The van der Waals surface area contributed by atoms with E-state index >= 15 is 0 Å². The zero-order valence-electron chi connectivity index (χ0n) is 17.1. The second kappa shape index (κ2) is 9.03. The molecule has 0 radical (unpaired) electrons. The Hall–Kier alpha value is -2.97. The van der Waals surface area contributed by atoms with Gasteiger partial charge >= 0.3 is 10.1 Å². The van der Waals surface area contributed by atoms with Crippen molar-refractivity contribution in [1.29, 1.82) is 0 Å². The van der Waals surface area contributed by atoms with Crippen molar-refractivity contribution >= 4 is 25.7 Å². The Morgan fingerprint density at radius 3 is 1.90 bits per heavy atom. The van der Waals surface area contributed by atoms with Gasteiger partial charge in [0.15, 0.2) is 15.6 Å². The molecule has 0 N–H and O–H groups in total. The molecule has 0 aliphatic rings. The highest BCUT2D eigenvalue weighted by Crippen LogP contribution is 2.21. The molecule has 0 spiro atoms. The van der Waals surface area contributed by atoms with Gasteiger partial charge in [-0.3, -0.25) is 4.79 Å². The van der Waals surface area contributed by atoms with Crippen LogP contribution >= 0.6 is 0 Å². The van der Waals surface area contributed by atoms with Crippen molar-refractivity contribution in [3.05, 3.63) is 89.5 Å². The molecule has 8 heteroatoms. The van der Waals surface area contributed by atoms with Gasteiger partial charge in [0.05, 0.1) is 4.90 Å². The van der Waals surface area contributed by atoms with Crippen molar-refractivity contribution in [2.45, 2.75) is 30.1 Å². The summed E-state index contributed by atoms with van der Waals surface area (Å²) in [6, 6.07) is 18.6. The molecule has 0 saturated heterocycles. The van der Waals surface area contributed by atoms with Gasteiger partial charge in [-0.1, -0.05) is 47.5 Å². The molecule has 3 rings (SSSR count). The smallest absolute Gasteiger partial charge is 0.339 e. The highest BCUT2D eigenvalue weighted by molar-refractivity contribution is 7.92. The Labute approximate surface area is 182 Å². The molecule has 6 nitrogen and oxygen atoms in total. The highest BCUT2D eigenvalue weighted by atomic mass is 32.2. The molecule has 3 aromatic carbocycles. The lowest BCUT2D eigenvalue weighted by Gasteiger charge is -2.09. The third-order valence-electron chi connectivity index (χ3n) is 4.55. The minimum atomic E-state index is -4.02. The highest BCUT2D eigenvalue weighted by Gasteiger charge is 2.20. The fourth-order valence-corrected chi connectivity index (χ4v) is 5.07. The summed E-state index contributed by atoms with van der Waals surface area (Å²) in [7, 11) is -7.78. The van der Waals surface area contributed by atoms with E-state index in [1.54, 1.807) is 36.4 Å². The topological polar surface area (TPSA) is 94.6 Å². The van der Waals surface area contributed by atoms with E-state index in [2.05, 4.69) is 0 Å². The largest absolute Gasteiger partial charge is 0.379 e. The van der Waals surface area contributed by atoms with Gasteiger partial charge in [-0.15, -0.1) is 0 Å². The first-order chi connectivity index (χ1) is 14.5. The van der Waals surface area contributed by atoms with E-state index in [1.807, 2.05) is 13.8 Å². The van der Waals surface area contributed by atoms with Gasteiger partial charge in [0, 0.05) is 6.42 Å². The fourth-order valence-electron chi connectivity index (χ4n) is 2.91. The predicted octanol–water partition coefficient (Wildman–Crippen LogP) is 3.66. The Bertz CT molecular complexity index is 1290. The summed E-state index contributed by atoms with van der Waals surface area (Å²) < 4.78 is 55.0. The number of rotatable bonds is 8. The van der Waals surface area contributed by atoms with Crippen LogP contribution in [0.1, 0.15) is 16.7 Å². The van der Waals surface area contributed by atoms with Crippen molar-refractivity contribution in [3.8, 4) is 5.75 Å². The molecule has 0 saturated carbocycles. The molecule has 0 aromatic heterocycles. The van der Waals surface area contributed by atoms with Crippen LogP contribution in [0.4, 0.5) is 0 Å². The molecular formula is C23H22O6S2. The quantitative estimate of drug-likeness (QED) is 0.478.